The van der Waals surface area contributed by atoms with Crippen LogP contribution < -0.4 is 9.47 Å². The summed E-state index contributed by atoms with van der Waals surface area (Å²) in [6.45, 7) is 4.00. The number of aryl methyl sites for hydroxylation is 2. The normalized spacial score (nSPS) is 20.7. The van der Waals surface area contributed by atoms with Crippen LogP contribution in [0.15, 0.2) is 42.5 Å². The maximum atomic E-state index is 5.99. The fourth-order valence-electron chi connectivity index (χ4n) is 3.96. The number of unbranched alkanes of at least 4 members (excludes halogenated alkanes) is 3. The number of rotatable bonds is 9. The van der Waals surface area contributed by atoms with Crippen molar-refractivity contribution in [1.29, 1.82) is 0 Å². The molecule has 0 unspecified atom stereocenters. The first kappa shape index (κ1) is 20.2. The van der Waals surface area contributed by atoms with E-state index in [0.717, 1.165) is 43.1 Å². The van der Waals surface area contributed by atoms with Gasteiger partial charge in [-0.15, -0.1) is 0 Å². The average Bonchev–Trinajstić information content (AvgIpc) is 3.24. The molecule has 2 heterocycles. The molecule has 156 valence electrons. The molecular formula is C25H32O4. The Hall–Kier alpha value is -2.04. The Morgan fingerprint density at radius 2 is 1.52 bits per heavy atom. The molecule has 0 bridgehead atoms. The molecule has 4 nitrogen and oxygen atoms in total. The van der Waals surface area contributed by atoms with Gasteiger partial charge in [0.05, 0.1) is 13.2 Å². The van der Waals surface area contributed by atoms with Crippen LogP contribution in [0.1, 0.15) is 62.0 Å². The second-order valence-corrected chi connectivity index (χ2v) is 8.14. The first-order chi connectivity index (χ1) is 14.3. The van der Waals surface area contributed by atoms with E-state index in [4.69, 9.17) is 18.9 Å². The molecular weight excluding hydrogens is 364 g/mol. The van der Waals surface area contributed by atoms with Gasteiger partial charge in [-0.05, 0) is 55.0 Å². The minimum Gasteiger partial charge on any atom is -0.454 e. The predicted octanol–water partition coefficient (Wildman–Crippen LogP) is 5.83. The average molecular weight is 397 g/mol. The summed E-state index contributed by atoms with van der Waals surface area (Å²) in [5, 5.41) is 0. The summed E-state index contributed by atoms with van der Waals surface area (Å²) in [6.07, 6.45) is 8.33. The van der Waals surface area contributed by atoms with Crippen LogP contribution in [0.25, 0.3) is 0 Å². The highest BCUT2D eigenvalue weighted by atomic mass is 16.7. The Kier molecular flexibility index (Phi) is 7.07. The second kappa shape index (κ2) is 10.1. The van der Waals surface area contributed by atoms with Gasteiger partial charge in [0.25, 0.3) is 0 Å². The number of ether oxygens (including phenoxy) is 4. The predicted molar refractivity (Wildman–Crippen MR) is 113 cm³/mol. The molecule has 0 radical (unpaired) electrons. The molecule has 29 heavy (non-hydrogen) atoms. The number of hydrogen-bond donors (Lipinski definition) is 0. The van der Waals surface area contributed by atoms with Crippen molar-refractivity contribution in [2.24, 2.45) is 5.92 Å². The van der Waals surface area contributed by atoms with Gasteiger partial charge >= 0.3 is 0 Å². The summed E-state index contributed by atoms with van der Waals surface area (Å²) in [5.41, 5.74) is 3.85. The molecule has 2 aliphatic rings. The van der Waals surface area contributed by atoms with Crippen molar-refractivity contribution >= 4 is 0 Å². The van der Waals surface area contributed by atoms with Crippen LogP contribution in [0.2, 0.25) is 0 Å². The molecule has 2 aromatic carbocycles. The van der Waals surface area contributed by atoms with Crippen LogP contribution >= 0.6 is 0 Å². The third kappa shape index (κ3) is 5.52. The molecule has 0 N–H and O–H groups in total. The zero-order valence-corrected chi connectivity index (χ0v) is 17.4. The lowest BCUT2D eigenvalue weighted by Crippen LogP contribution is -2.27. The van der Waals surface area contributed by atoms with Crippen LogP contribution in [-0.4, -0.2) is 20.0 Å². The SMILES string of the molecule is CCCCCCc1ccc(CCC2COC(c3ccc4c(c3)OCO4)OC2)cc1. The third-order valence-corrected chi connectivity index (χ3v) is 5.82. The fourth-order valence-corrected chi connectivity index (χ4v) is 3.96. The molecule has 0 amide bonds. The number of benzene rings is 2. The maximum Gasteiger partial charge on any atom is 0.231 e. The van der Waals surface area contributed by atoms with Crippen molar-refractivity contribution in [2.45, 2.75) is 58.2 Å². The lowest BCUT2D eigenvalue weighted by molar-refractivity contribution is -0.205. The van der Waals surface area contributed by atoms with E-state index in [1.807, 2.05) is 18.2 Å². The van der Waals surface area contributed by atoms with E-state index in [-0.39, 0.29) is 13.1 Å². The molecule has 0 spiro atoms. The second-order valence-electron chi connectivity index (χ2n) is 8.14. The van der Waals surface area contributed by atoms with E-state index < -0.39 is 0 Å². The van der Waals surface area contributed by atoms with E-state index in [0.29, 0.717) is 5.92 Å². The minimum absolute atomic E-state index is 0.285. The molecule has 0 atom stereocenters. The Morgan fingerprint density at radius 1 is 0.793 bits per heavy atom. The monoisotopic (exact) mass is 396 g/mol. The zero-order valence-electron chi connectivity index (χ0n) is 17.4. The van der Waals surface area contributed by atoms with E-state index in [1.165, 1.54) is 43.2 Å². The highest BCUT2D eigenvalue weighted by Gasteiger charge is 2.25. The van der Waals surface area contributed by atoms with E-state index in [1.54, 1.807) is 0 Å². The fraction of sp³-hybridized carbons (Fsp3) is 0.520. The maximum absolute atomic E-state index is 5.99. The van der Waals surface area contributed by atoms with Gasteiger partial charge in [-0.2, -0.15) is 0 Å². The molecule has 2 aromatic rings. The largest absolute Gasteiger partial charge is 0.454 e. The standard InChI is InChI=1S/C25H32O4/c1-2-3-4-5-6-19-7-9-20(10-8-19)11-12-21-16-26-25(27-17-21)22-13-14-23-24(15-22)29-18-28-23/h7-10,13-15,21,25H,2-6,11-12,16-18H2,1H3. The van der Waals surface area contributed by atoms with Gasteiger partial charge in [0.1, 0.15) is 0 Å². The molecule has 4 heteroatoms. The smallest absolute Gasteiger partial charge is 0.231 e. The quantitative estimate of drug-likeness (QED) is 0.500. The summed E-state index contributed by atoms with van der Waals surface area (Å²) >= 11 is 0. The van der Waals surface area contributed by atoms with E-state index >= 15 is 0 Å². The van der Waals surface area contributed by atoms with Crippen LogP contribution in [0.3, 0.4) is 0 Å². The van der Waals surface area contributed by atoms with Gasteiger partial charge in [-0.1, -0.05) is 50.5 Å². The Labute approximate surface area is 174 Å². The third-order valence-electron chi connectivity index (χ3n) is 5.82. The van der Waals surface area contributed by atoms with Crippen LogP contribution in [0.4, 0.5) is 0 Å². The Bertz CT molecular complexity index is 763. The summed E-state index contributed by atoms with van der Waals surface area (Å²) in [7, 11) is 0. The van der Waals surface area contributed by atoms with Gasteiger partial charge in [0.15, 0.2) is 17.8 Å². The van der Waals surface area contributed by atoms with Crippen LogP contribution in [-0.2, 0) is 22.3 Å². The van der Waals surface area contributed by atoms with Gasteiger partial charge < -0.3 is 18.9 Å². The summed E-state index contributed by atoms with van der Waals surface area (Å²) in [4.78, 5) is 0. The lowest BCUT2D eigenvalue weighted by atomic mass is 9.98. The topological polar surface area (TPSA) is 36.9 Å². The zero-order chi connectivity index (χ0) is 19.9. The van der Waals surface area contributed by atoms with Crippen LogP contribution in [0.5, 0.6) is 11.5 Å². The van der Waals surface area contributed by atoms with Gasteiger partial charge in [-0.3, -0.25) is 0 Å². The summed E-state index contributed by atoms with van der Waals surface area (Å²) < 4.78 is 22.8. The van der Waals surface area contributed by atoms with Gasteiger partial charge in [-0.25, -0.2) is 0 Å². The summed E-state index contributed by atoms with van der Waals surface area (Å²) in [6, 6.07) is 15.0. The first-order valence-electron chi connectivity index (χ1n) is 11.0. The summed E-state index contributed by atoms with van der Waals surface area (Å²) in [5.74, 6) is 1.99. The van der Waals surface area contributed by atoms with Crippen molar-refractivity contribution in [3.63, 3.8) is 0 Å². The highest BCUT2D eigenvalue weighted by Crippen LogP contribution is 2.36. The number of hydrogen-bond acceptors (Lipinski definition) is 4. The van der Waals surface area contributed by atoms with E-state index in [2.05, 4.69) is 31.2 Å². The first-order valence-corrected chi connectivity index (χ1v) is 11.0. The molecule has 0 aliphatic carbocycles. The molecule has 1 saturated heterocycles. The molecule has 0 saturated carbocycles. The molecule has 1 fully saturated rings. The molecule has 2 aliphatic heterocycles. The minimum atomic E-state index is -0.312. The van der Waals surface area contributed by atoms with Gasteiger partial charge in [0.2, 0.25) is 6.79 Å². The van der Waals surface area contributed by atoms with Crippen LogP contribution in [0, 0.1) is 5.92 Å². The van der Waals surface area contributed by atoms with Crippen molar-refractivity contribution in [1.82, 2.24) is 0 Å². The van der Waals surface area contributed by atoms with Crippen molar-refractivity contribution < 1.29 is 18.9 Å². The van der Waals surface area contributed by atoms with Crippen molar-refractivity contribution in [2.75, 3.05) is 20.0 Å². The van der Waals surface area contributed by atoms with Crippen molar-refractivity contribution in [3.8, 4) is 11.5 Å². The molecule has 0 aromatic heterocycles. The highest BCUT2D eigenvalue weighted by molar-refractivity contribution is 5.44. The Balaban J connectivity index is 1.19. The Morgan fingerprint density at radius 3 is 2.28 bits per heavy atom. The van der Waals surface area contributed by atoms with Crippen molar-refractivity contribution in [3.05, 3.63) is 59.2 Å². The van der Waals surface area contributed by atoms with Gasteiger partial charge in [0, 0.05) is 11.5 Å². The lowest BCUT2D eigenvalue weighted by Gasteiger charge is -2.29. The number of fused-ring (bicyclic) bond motifs is 1. The van der Waals surface area contributed by atoms with E-state index in [9.17, 15) is 0 Å². The molecule has 4 rings (SSSR count).